The molecule has 0 N–H and O–H groups in total. The van der Waals surface area contributed by atoms with E-state index >= 15 is 0 Å². The summed E-state index contributed by atoms with van der Waals surface area (Å²) in [5.41, 5.74) is 0.868. The van der Waals surface area contributed by atoms with Crippen molar-refractivity contribution in [1.29, 1.82) is 0 Å². The highest BCUT2D eigenvalue weighted by molar-refractivity contribution is 5.76. The van der Waals surface area contributed by atoms with Crippen LogP contribution in [0.1, 0.15) is 19.4 Å². The number of nitrogens with zero attached hydrogens (tertiary/aromatic N) is 1. The van der Waals surface area contributed by atoms with Crippen LogP contribution in [0.15, 0.2) is 18.2 Å². The molecule has 0 aliphatic heterocycles. The number of esters is 1. The lowest BCUT2D eigenvalue weighted by molar-refractivity contribution is -0.150. The first-order valence-corrected chi connectivity index (χ1v) is 5.83. The lowest BCUT2D eigenvalue weighted by Gasteiger charge is -2.29. The molecule has 0 unspecified atom stereocenters. The molecule has 0 aromatic heterocycles. The minimum atomic E-state index is -0.605. The number of methoxy groups -OCH3 is 1. The molecule has 1 aromatic carbocycles. The van der Waals surface area contributed by atoms with Gasteiger partial charge < -0.3 is 9.64 Å². The predicted molar refractivity (Wildman–Crippen MR) is 70.2 cm³/mol. The van der Waals surface area contributed by atoms with Gasteiger partial charge in [0.15, 0.2) is 0 Å². The van der Waals surface area contributed by atoms with E-state index in [9.17, 15) is 9.18 Å². The van der Waals surface area contributed by atoms with Crippen molar-refractivity contribution >= 4 is 11.7 Å². The number of benzene rings is 1. The highest BCUT2D eigenvalue weighted by Crippen LogP contribution is 2.23. The minimum absolute atomic E-state index is 0.223. The molecule has 18 heavy (non-hydrogen) atoms. The molecule has 0 aliphatic rings. The van der Waals surface area contributed by atoms with E-state index in [1.165, 1.54) is 13.2 Å². The maximum atomic E-state index is 13.2. The van der Waals surface area contributed by atoms with Crippen LogP contribution in [0.4, 0.5) is 10.1 Å². The lowest BCUT2D eigenvalue weighted by Crippen LogP contribution is -2.38. The summed E-state index contributed by atoms with van der Waals surface area (Å²) in [7, 11) is 3.25. The van der Waals surface area contributed by atoms with Crippen LogP contribution in [-0.2, 0) is 9.53 Å². The van der Waals surface area contributed by atoms with E-state index in [0.717, 1.165) is 5.69 Å². The molecule has 100 valence electrons. The summed E-state index contributed by atoms with van der Waals surface area (Å²) in [6, 6.07) is 4.91. The van der Waals surface area contributed by atoms with Gasteiger partial charge in [-0.3, -0.25) is 4.79 Å². The highest BCUT2D eigenvalue weighted by Gasteiger charge is 2.30. The van der Waals surface area contributed by atoms with E-state index in [4.69, 9.17) is 4.74 Å². The molecule has 3 nitrogen and oxygen atoms in total. The third-order valence-corrected chi connectivity index (χ3v) is 2.95. The maximum absolute atomic E-state index is 13.2. The summed E-state index contributed by atoms with van der Waals surface area (Å²) < 4.78 is 18.0. The van der Waals surface area contributed by atoms with Crippen LogP contribution in [0, 0.1) is 18.2 Å². The van der Waals surface area contributed by atoms with Gasteiger partial charge in [-0.2, -0.15) is 0 Å². The molecule has 0 saturated heterocycles. The highest BCUT2D eigenvalue weighted by atomic mass is 19.1. The Hall–Kier alpha value is -1.58. The van der Waals surface area contributed by atoms with Crippen molar-refractivity contribution in [1.82, 2.24) is 0 Å². The number of anilines is 1. The van der Waals surface area contributed by atoms with Crippen LogP contribution >= 0.6 is 0 Å². The normalized spacial score (nSPS) is 11.2. The second-order valence-corrected chi connectivity index (χ2v) is 5.17. The third kappa shape index (κ3) is 3.22. The van der Waals surface area contributed by atoms with Crippen molar-refractivity contribution in [3.8, 4) is 0 Å². The first kappa shape index (κ1) is 14.5. The minimum Gasteiger partial charge on any atom is -0.469 e. The van der Waals surface area contributed by atoms with Crippen LogP contribution in [0.3, 0.4) is 0 Å². The van der Waals surface area contributed by atoms with Gasteiger partial charge in [0.05, 0.1) is 12.5 Å². The van der Waals surface area contributed by atoms with Gasteiger partial charge in [0, 0.05) is 19.3 Å². The molecule has 0 heterocycles. The fourth-order valence-electron chi connectivity index (χ4n) is 1.89. The molecule has 0 saturated carbocycles. The number of aryl methyl sites for hydroxylation is 1. The molecule has 0 fully saturated rings. The third-order valence-electron chi connectivity index (χ3n) is 2.95. The Morgan fingerprint density at radius 1 is 1.44 bits per heavy atom. The molecule has 0 spiro atoms. The summed E-state index contributed by atoms with van der Waals surface area (Å²) in [6.45, 7) is 5.88. The summed E-state index contributed by atoms with van der Waals surface area (Å²) in [4.78, 5) is 13.5. The van der Waals surface area contributed by atoms with E-state index in [-0.39, 0.29) is 11.8 Å². The zero-order valence-electron chi connectivity index (χ0n) is 11.6. The molecule has 1 rings (SSSR count). The Bertz CT molecular complexity index is 443. The number of carbonyl (C=O) groups is 1. The van der Waals surface area contributed by atoms with Gasteiger partial charge in [-0.15, -0.1) is 0 Å². The standard InChI is InChI=1S/C14H20FNO2/c1-10-8-11(6-7-12(10)15)16(4)9-14(2,3)13(17)18-5/h6-8H,9H2,1-5H3. The van der Waals surface area contributed by atoms with Crippen LogP contribution in [0.5, 0.6) is 0 Å². The molecule has 0 radical (unpaired) electrons. The van der Waals surface area contributed by atoms with Crippen molar-refractivity contribution in [2.45, 2.75) is 20.8 Å². The summed E-state index contributed by atoms with van der Waals surface area (Å²) in [5.74, 6) is -0.479. The number of hydrogen-bond donors (Lipinski definition) is 0. The maximum Gasteiger partial charge on any atom is 0.313 e. The van der Waals surface area contributed by atoms with Crippen molar-refractivity contribution in [3.63, 3.8) is 0 Å². The Labute approximate surface area is 108 Å². The summed E-state index contributed by atoms with van der Waals surface area (Å²) in [6.07, 6.45) is 0. The van der Waals surface area contributed by atoms with Crippen LogP contribution in [0.2, 0.25) is 0 Å². The Morgan fingerprint density at radius 3 is 2.56 bits per heavy atom. The van der Waals surface area contributed by atoms with Crippen LogP contribution in [0.25, 0.3) is 0 Å². The van der Waals surface area contributed by atoms with E-state index in [2.05, 4.69) is 0 Å². The molecule has 1 aromatic rings. The predicted octanol–water partition coefficient (Wildman–Crippen LogP) is 2.77. The fraction of sp³-hybridized carbons (Fsp3) is 0.500. The SMILES string of the molecule is COC(=O)C(C)(C)CN(C)c1ccc(F)c(C)c1. The number of carbonyl (C=O) groups excluding carboxylic acids is 1. The number of hydrogen-bond acceptors (Lipinski definition) is 3. The average molecular weight is 253 g/mol. The zero-order valence-corrected chi connectivity index (χ0v) is 11.6. The van der Waals surface area contributed by atoms with Crippen LogP contribution in [-0.4, -0.2) is 26.7 Å². The van der Waals surface area contributed by atoms with Crippen molar-refractivity contribution < 1.29 is 13.9 Å². The molecule has 0 atom stereocenters. The smallest absolute Gasteiger partial charge is 0.313 e. The average Bonchev–Trinajstić information content (AvgIpc) is 2.30. The monoisotopic (exact) mass is 253 g/mol. The molecular weight excluding hydrogens is 233 g/mol. The van der Waals surface area contributed by atoms with Crippen LogP contribution < -0.4 is 4.90 Å². The van der Waals surface area contributed by atoms with Gasteiger partial charge in [0.25, 0.3) is 0 Å². The second-order valence-electron chi connectivity index (χ2n) is 5.17. The topological polar surface area (TPSA) is 29.5 Å². The number of rotatable bonds is 4. The molecule has 4 heteroatoms. The molecular formula is C14H20FNO2. The molecule has 0 aliphatic carbocycles. The summed E-state index contributed by atoms with van der Waals surface area (Å²) in [5, 5.41) is 0. The molecule has 0 amide bonds. The zero-order chi connectivity index (χ0) is 13.9. The fourth-order valence-corrected chi connectivity index (χ4v) is 1.89. The number of ether oxygens (including phenoxy) is 1. The Kier molecular flexibility index (Phi) is 4.33. The Morgan fingerprint density at radius 2 is 2.06 bits per heavy atom. The number of halogens is 1. The Balaban J connectivity index is 2.85. The quantitative estimate of drug-likeness (QED) is 0.773. The van der Waals surface area contributed by atoms with Crippen molar-refractivity contribution in [2.24, 2.45) is 5.41 Å². The van der Waals surface area contributed by atoms with E-state index < -0.39 is 5.41 Å². The molecule has 0 bridgehead atoms. The van der Waals surface area contributed by atoms with E-state index in [0.29, 0.717) is 12.1 Å². The largest absolute Gasteiger partial charge is 0.469 e. The van der Waals surface area contributed by atoms with Crippen molar-refractivity contribution in [2.75, 3.05) is 25.6 Å². The van der Waals surface area contributed by atoms with Gasteiger partial charge in [-0.25, -0.2) is 4.39 Å². The van der Waals surface area contributed by atoms with E-state index in [1.807, 2.05) is 25.8 Å². The first-order valence-electron chi connectivity index (χ1n) is 5.83. The van der Waals surface area contributed by atoms with Gasteiger partial charge in [0.2, 0.25) is 0 Å². The van der Waals surface area contributed by atoms with Gasteiger partial charge in [0.1, 0.15) is 5.82 Å². The second kappa shape index (κ2) is 5.38. The van der Waals surface area contributed by atoms with Gasteiger partial charge in [-0.1, -0.05) is 0 Å². The lowest BCUT2D eigenvalue weighted by atomic mass is 9.93. The van der Waals surface area contributed by atoms with Gasteiger partial charge >= 0.3 is 5.97 Å². The van der Waals surface area contributed by atoms with Gasteiger partial charge in [-0.05, 0) is 44.5 Å². The first-order chi connectivity index (χ1) is 8.27. The van der Waals surface area contributed by atoms with Crippen molar-refractivity contribution in [3.05, 3.63) is 29.6 Å². The van der Waals surface area contributed by atoms with E-state index in [1.54, 1.807) is 19.1 Å². The summed E-state index contributed by atoms with van der Waals surface area (Å²) >= 11 is 0.